The maximum atomic E-state index is 12.6. The Morgan fingerprint density at radius 2 is 1.92 bits per heavy atom. The van der Waals surface area contributed by atoms with E-state index in [2.05, 4.69) is 10.3 Å². The normalized spacial score (nSPS) is 12.7. The minimum Gasteiger partial charge on any atom is -0.396 e. The molecular formula is C20H26N2O2. The van der Waals surface area contributed by atoms with E-state index in [1.165, 1.54) is 5.56 Å². The molecule has 1 aromatic carbocycles. The smallest absolute Gasteiger partial charge is 0.230 e. The molecule has 0 aliphatic rings. The van der Waals surface area contributed by atoms with Crippen molar-refractivity contribution in [2.75, 3.05) is 13.2 Å². The van der Waals surface area contributed by atoms with Gasteiger partial charge < -0.3 is 10.4 Å². The van der Waals surface area contributed by atoms with Crippen molar-refractivity contribution in [3.05, 3.63) is 65.5 Å². The van der Waals surface area contributed by atoms with Crippen molar-refractivity contribution in [3.8, 4) is 0 Å². The van der Waals surface area contributed by atoms with Gasteiger partial charge in [-0.05, 0) is 44.9 Å². The summed E-state index contributed by atoms with van der Waals surface area (Å²) >= 11 is 0. The fraction of sp³-hybridized carbons (Fsp3) is 0.400. The molecule has 0 fully saturated rings. The molecule has 24 heavy (non-hydrogen) atoms. The van der Waals surface area contributed by atoms with Gasteiger partial charge in [0, 0.05) is 31.0 Å². The van der Waals surface area contributed by atoms with Gasteiger partial charge in [0.15, 0.2) is 0 Å². The molecule has 1 heterocycles. The molecule has 1 aromatic heterocycles. The number of aliphatic hydroxyl groups is 1. The van der Waals surface area contributed by atoms with Crippen molar-refractivity contribution in [3.63, 3.8) is 0 Å². The van der Waals surface area contributed by atoms with Crippen molar-refractivity contribution in [2.45, 2.75) is 32.6 Å². The van der Waals surface area contributed by atoms with Gasteiger partial charge in [-0.1, -0.05) is 35.9 Å². The summed E-state index contributed by atoms with van der Waals surface area (Å²) in [6.07, 6.45) is 2.38. The predicted molar refractivity (Wildman–Crippen MR) is 95.7 cm³/mol. The molecule has 1 amide bonds. The van der Waals surface area contributed by atoms with Crippen LogP contribution in [0, 0.1) is 12.8 Å². The molecule has 0 spiro atoms. The molecule has 2 aromatic rings. The number of aromatic nitrogens is 1. The molecular weight excluding hydrogens is 300 g/mol. The SMILES string of the molecule is Cc1ccc(C(C)(C)C(=O)NCC(CO)Cc2ccccn2)cc1. The highest BCUT2D eigenvalue weighted by Gasteiger charge is 2.29. The topological polar surface area (TPSA) is 62.2 Å². The van der Waals surface area contributed by atoms with Crippen LogP contribution in [0.1, 0.15) is 30.7 Å². The van der Waals surface area contributed by atoms with Crippen LogP contribution >= 0.6 is 0 Å². The summed E-state index contributed by atoms with van der Waals surface area (Å²) in [4.78, 5) is 16.9. The number of carbonyl (C=O) groups is 1. The Morgan fingerprint density at radius 3 is 2.50 bits per heavy atom. The van der Waals surface area contributed by atoms with Crippen LogP contribution < -0.4 is 5.32 Å². The Labute approximate surface area is 143 Å². The third-order valence-electron chi connectivity index (χ3n) is 4.37. The fourth-order valence-electron chi connectivity index (χ4n) is 2.58. The lowest BCUT2D eigenvalue weighted by Crippen LogP contribution is -2.42. The summed E-state index contributed by atoms with van der Waals surface area (Å²) in [6, 6.07) is 13.7. The largest absolute Gasteiger partial charge is 0.396 e. The molecule has 128 valence electrons. The zero-order valence-electron chi connectivity index (χ0n) is 14.6. The summed E-state index contributed by atoms with van der Waals surface area (Å²) in [6.45, 7) is 6.31. The maximum Gasteiger partial charge on any atom is 0.230 e. The van der Waals surface area contributed by atoms with Crippen LogP contribution in [-0.2, 0) is 16.6 Å². The quantitative estimate of drug-likeness (QED) is 0.822. The third kappa shape index (κ3) is 4.65. The van der Waals surface area contributed by atoms with Crippen LogP contribution in [0.2, 0.25) is 0 Å². The fourth-order valence-corrected chi connectivity index (χ4v) is 2.58. The highest BCUT2D eigenvalue weighted by Crippen LogP contribution is 2.23. The van der Waals surface area contributed by atoms with Crippen LogP contribution in [0.25, 0.3) is 0 Å². The van der Waals surface area contributed by atoms with Gasteiger partial charge in [0.05, 0.1) is 5.41 Å². The highest BCUT2D eigenvalue weighted by atomic mass is 16.3. The molecule has 2 rings (SSSR count). The molecule has 0 bridgehead atoms. The molecule has 0 aliphatic heterocycles. The molecule has 4 heteroatoms. The minimum atomic E-state index is -0.612. The molecule has 0 saturated carbocycles. The number of rotatable bonds is 7. The number of amides is 1. The van der Waals surface area contributed by atoms with Gasteiger partial charge in [-0.15, -0.1) is 0 Å². The van der Waals surface area contributed by atoms with E-state index in [0.29, 0.717) is 13.0 Å². The molecule has 0 saturated heterocycles. The summed E-state index contributed by atoms with van der Waals surface area (Å²) in [5.41, 5.74) is 2.46. The predicted octanol–water partition coefficient (Wildman–Crippen LogP) is 2.64. The van der Waals surface area contributed by atoms with Crippen molar-refractivity contribution < 1.29 is 9.90 Å². The molecule has 1 unspecified atom stereocenters. The van der Waals surface area contributed by atoms with E-state index in [1.807, 2.05) is 63.2 Å². The summed E-state index contributed by atoms with van der Waals surface area (Å²) in [5.74, 6) is -0.0801. The number of hydrogen-bond acceptors (Lipinski definition) is 3. The average Bonchev–Trinajstić information content (AvgIpc) is 2.59. The summed E-state index contributed by atoms with van der Waals surface area (Å²) in [7, 11) is 0. The summed E-state index contributed by atoms with van der Waals surface area (Å²) < 4.78 is 0. The van der Waals surface area contributed by atoms with Gasteiger partial charge in [0.1, 0.15) is 0 Å². The van der Waals surface area contributed by atoms with E-state index >= 15 is 0 Å². The number of benzene rings is 1. The minimum absolute atomic E-state index is 0.0157. The lowest BCUT2D eigenvalue weighted by molar-refractivity contribution is -0.125. The van der Waals surface area contributed by atoms with Crippen LogP contribution in [0.15, 0.2) is 48.7 Å². The van der Waals surface area contributed by atoms with Gasteiger partial charge in [-0.3, -0.25) is 9.78 Å². The van der Waals surface area contributed by atoms with E-state index in [9.17, 15) is 9.90 Å². The van der Waals surface area contributed by atoms with E-state index in [-0.39, 0.29) is 18.4 Å². The zero-order valence-corrected chi connectivity index (χ0v) is 14.6. The van der Waals surface area contributed by atoms with Crippen LogP contribution in [0.5, 0.6) is 0 Å². The Balaban J connectivity index is 1.96. The Bertz CT molecular complexity index is 651. The second-order valence-electron chi connectivity index (χ2n) is 6.77. The van der Waals surface area contributed by atoms with Crippen molar-refractivity contribution in [1.29, 1.82) is 0 Å². The number of carbonyl (C=O) groups excluding carboxylic acids is 1. The molecule has 0 aliphatic carbocycles. The number of hydrogen-bond donors (Lipinski definition) is 2. The standard InChI is InChI=1S/C20H26N2O2/c1-15-7-9-17(10-8-15)20(2,3)19(24)22-13-16(14-23)12-18-6-4-5-11-21-18/h4-11,16,23H,12-14H2,1-3H3,(H,22,24). The number of nitrogens with zero attached hydrogens (tertiary/aromatic N) is 1. The number of aliphatic hydroxyl groups excluding tert-OH is 1. The van der Waals surface area contributed by atoms with E-state index in [4.69, 9.17) is 0 Å². The van der Waals surface area contributed by atoms with Gasteiger partial charge in [0.25, 0.3) is 0 Å². The maximum absolute atomic E-state index is 12.6. The molecule has 4 nitrogen and oxygen atoms in total. The van der Waals surface area contributed by atoms with Crippen LogP contribution in [0.3, 0.4) is 0 Å². The van der Waals surface area contributed by atoms with E-state index in [0.717, 1.165) is 11.3 Å². The third-order valence-corrected chi connectivity index (χ3v) is 4.37. The van der Waals surface area contributed by atoms with Gasteiger partial charge in [0.2, 0.25) is 5.91 Å². The number of nitrogens with one attached hydrogen (secondary N) is 1. The lowest BCUT2D eigenvalue weighted by Gasteiger charge is -2.25. The van der Waals surface area contributed by atoms with Crippen molar-refractivity contribution in [1.82, 2.24) is 10.3 Å². The lowest BCUT2D eigenvalue weighted by atomic mass is 9.83. The second-order valence-corrected chi connectivity index (χ2v) is 6.77. The average molecular weight is 326 g/mol. The van der Waals surface area contributed by atoms with Crippen LogP contribution in [0.4, 0.5) is 0 Å². The number of aryl methyl sites for hydroxylation is 1. The Kier molecular flexibility index (Phi) is 6.10. The Hall–Kier alpha value is -2.20. The monoisotopic (exact) mass is 326 g/mol. The molecule has 1 atom stereocenters. The second kappa shape index (κ2) is 8.06. The van der Waals surface area contributed by atoms with E-state index < -0.39 is 5.41 Å². The first-order chi connectivity index (χ1) is 11.4. The zero-order chi connectivity index (χ0) is 17.6. The molecule has 2 N–H and O–H groups in total. The number of pyridine rings is 1. The van der Waals surface area contributed by atoms with Gasteiger partial charge >= 0.3 is 0 Å². The van der Waals surface area contributed by atoms with Crippen LogP contribution in [-0.4, -0.2) is 29.1 Å². The van der Waals surface area contributed by atoms with Crippen molar-refractivity contribution in [2.24, 2.45) is 5.92 Å². The molecule has 0 radical (unpaired) electrons. The summed E-state index contributed by atoms with van der Waals surface area (Å²) in [5, 5.41) is 12.6. The first kappa shape index (κ1) is 18.1. The van der Waals surface area contributed by atoms with Gasteiger partial charge in [-0.2, -0.15) is 0 Å². The van der Waals surface area contributed by atoms with Crippen molar-refractivity contribution >= 4 is 5.91 Å². The van der Waals surface area contributed by atoms with Gasteiger partial charge in [-0.25, -0.2) is 0 Å². The van der Waals surface area contributed by atoms with E-state index in [1.54, 1.807) is 6.20 Å². The highest BCUT2D eigenvalue weighted by molar-refractivity contribution is 5.87. The first-order valence-corrected chi connectivity index (χ1v) is 8.29. The first-order valence-electron chi connectivity index (χ1n) is 8.29. The Morgan fingerprint density at radius 1 is 1.21 bits per heavy atom.